The van der Waals surface area contributed by atoms with Gasteiger partial charge < -0.3 is 0 Å². The van der Waals surface area contributed by atoms with E-state index in [-0.39, 0.29) is 5.38 Å². The smallest absolute Gasteiger partial charge is 0.174 e. The zero-order chi connectivity index (χ0) is 10.1. The molecule has 2 aromatic rings. The molecule has 4 nitrogen and oxygen atoms in total. The predicted molar refractivity (Wildman–Crippen MR) is 56.0 cm³/mol. The van der Waals surface area contributed by atoms with Crippen LogP contribution in [-0.2, 0) is 0 Å². The molecule has 0 aliphatic rings. The van der Waals surface area contributed by atoms with Crippen LogP contribution in [0.4, 0.5) is 0 Å². The summed E-state index contributed by atoms with van der Waals surface area (Å²) in [5.41, 5.74) is 2.16. The topological polar surface area (TPSA) is 43.6 Å². The third kappa shape index (κ3) is 1.53. The third-order valence-electron chi connectivity index (χ3n) is 1.91. The van der Waals surface area contributed by atoms with Crippen LogP contribution in [-0.4, -0.2) is 20.2 Å². The van der Waals surface area contributed by atoms with Crippen LogP contribution in [0.15, 0.2) is 10.8 Å². The number of hydrogen-bond acceptors (Lipinski definition) is 4. The fourth-order valence-corrected chi connectivity index (χ4v) is 2.13. The van der Waals surface area contributed by atoms with Crippen LogP contribution in [0, 0.1) is 6.92 Å². The maximum absolute atomic E-state index is 5.96. The molecule has 1 atom stereocenters. The van der Waals surface area contributed by atoms with Crippen molar-refractivity contribution < 1.29 is 0 Å². The first-order valence-electron chi connectivity index (χ1n) is 4.15. The molecule has 2 rings (SSSR count). The number of tetrazole rings is 1. The van der Waals surface area contributed by atoms with Gasteiger partial charge in [0.2, 0.25) is 0 Å². The number of halogens is 1. The molecular formula is C8H9ClN4S. The fourth-order valence-electron chi connectivity index (χ4n) is 1.18. The van der Waals surface area contributed by atoms with E-state index in [0.717, 1.165) is 11.3 Å². The predicted octanol–water partition coefficient (Wildman–Crippen LogP) is 2.33. The van der Waals surface area contributed by atoms with Gasteiger partial charge in [-0.3, -0.25) is 0 Å². The van der Waals surface area contributed by atoms with E-state index in [0.29, 0.717) is 5.82 Å². The number of nitrogens with zero attached hydrogens (tertiary/aromatic N) is 4. The van der Waals surface area contributed by atoms with E-state index in [1.807, 2.05) is 19.2 Å². The lowest BCUT2D eigenvalue weighted by Crippen LogP contribution is -2.03. The third-order valence-corrected chi connectivity index (χ3v) is 2.95. The fraction of sp³-hybridized carbons (Fsp3) is 0.375. The Balaban J connectivity index is 2.52. The van der Waals surface area contributed by atoms with Crippen LogP contribution in [0.3, 0.4) is 0 Å². The summed E-state index contributed by atoms with van der Waals surface area (Å²) in [6.45, 7) is 3.88. The van der Waals surface area contributed by atoms with Crippen molar-refractivity contribution in [2.75, 3.05) is 0 Å². The Morgan fingerprint density at radius 3 is 2.86 bits per heavy atom. The second kappa shape index (κ2) is 3.67. The molecule has 0 aromatic carbocycles. The molecule has 0 aliphatic carbocycles. The van der Waals surface area contributed by atoms with E-state index >= 15 is 0 Å². The molecule has 0 bridgehead atoms. The first-order chi connectivity index (χ1) is 6.70. The SMILES string of the molecule is Cc1cscc1-n1nnnc1C(C)Cl. The molecule has 0 N–H and O–H groups in total. The summed E-state index contributed by atoms with van der Waals surface area (Å²) in [7, 11) is 0. The summed E-state index contributed by atoms with van der Waals surface area (Å²) in [6, 6.07) is 0. The van der Waals surface area contributed by atoms with Gasteiger partial charge in [-0.1, -0.05) is 0 Å². The summed E-state index contributed by atoms with van der Waals surface area (Å²) in [5.74, 6) is 0.674. The Kier molecular flexibility index (Phi) is 2.52. The van der Waals surface area contributed by atoms with Crippen LogP contribution in [0.2, 0.25) is 0 Å². The van der Waals surface area contributed by atoms with Gasteiger partial charge in [-0.2, -0.15) is 4.68 Å². The normalized spacial score (nSPS) is 13.1. The first kappa shape index (κ1) is 9.61. The van der Waals surface area contributed by atoms with Gasteiger partial charge in [-0.05, 0) is 35.2 Å². The van der Waals surface area contributed by atoms with E-state index in [1.54, 1.807) is 16.0 Å². The number of aryl methyl sites for hydroxylation is 1. The molecule has 14 heavy (non-hydrogen) atoms. The highest BCUT2D eigenvalue weighted by molar-refractivity contribution is 7.08. The number of hydrogen-bond donors (Lipinski definition) is 0. The second-order valence-corrected chi connectivity index (χ2v) is 4.40. The summed E-state index contributed by atoms with van der Waals surface area (Å²) in [6.07, 6.45) is 0. The molecule has 1 unspecified atom stereocenters. The standard InChI is InChI=1S/C8H9ClN4S/c1-5-3-14-4-7(5)13-8(6(2)9)10-11-12-13/h3-4,6H,1-2H3. The van der Waals surface area contributed by atoms with Crippen molar-refractivity contribution in [3.63, 3.8) is 0 Å². The van der Waals surface area contributed by atoms with Crippen LogP contribution < -0.4 is 0 Å². The number of rotatable bonds is 2. The molecule has 0 amide bonds. The second-order valence-electron chi connectivity index (χ2n) is 3.00. The van der Waals surface area contributed by atoms with E-state index in [1.165, 1.54) is 0 Å². The van der Waals surface area contributed by atoms with Gasteiger partial charge in [0.1, 0.15) is 0 Å². The molecule has 0 spiro atoms. The van der Waals surface area contributed by atoms with Crippen LogP contribution in [0.5, 0.6) is 0 Å². The summed E-state index contributed by atoms with van der Waals surface area (Å²) in [4.78, 5) is 0. The van der Waals surface area contributed by atoms with Crippen molar-refractivity contribution in [2.24, 2.45) is 0 Å². The molecule has 6 heteroatoms. The molecule has 0 saturated heterocycles. The van der Waals surface area contributed by atoms with Crippen molar-refractivity contribution >= 4 is 22.9 Å². The molecule has 0 fully saturated rings. The zero-order valence-corrected chi connectivity index (χ0v) is 9.38. The van der Waals surface area contributed by atoms with Gasteiger partial charge in [-0.25, -0.2) is 0 Å². The minimum Gasteiger partial charge on any atom is -0.195 e. The lowest BCUT2D eigenvalue weighted by Gasteiger charge is -2.04. The van der Waals surface area contributed by atoms with E-state index < -0.39 is 0 Å². The maximum atomic E-state index is 5.96. The summed E-state index contributed by atoms with van der Waals surface area (Å²) >= 11 is 7.58. The zero-order valence-electron chi connectivity index (χ0n) is 7.81. The molecule has 74 valence electrons. The van der Waals surface area contributed by atoms with Crippen molar-refractivity contribution in [3.8, 4) is 5.69 Å². The Bertz CT molecular complexity index is 434. The lowest BCUT2D eigenvalue weighted by atomic mass is 10.3. The van der Waals surface area contributed by atoms with E-state index in [4.69, 9.17) is 11.6 Å². The highest BCUT2D eigenvalue weighted by Gasteiger charge is 2.14. The van der Waals surface area contributed by atoms with Gasteiger partial charge in [0.05, 0.1) is 11.1 Å². The van der Waals surface area contributed by atoms with Crippen molar-refractivity contribution in [3.05, 3.63) is 22.1 Å². The van der Waals surface area contributed by atoms with Gasteiger partial charge in [0, 0.05) is 5.38 Å². The van der Waals surface area contributed by atoms with Gasteiger partial charge in [0.15, 0.2) is 5.82 Å². The molecule has 2 heterocycles. The number of alkyl halides is 1. The summed E-state index contributed by atoms with van der Waals surface area (Å²) < 4.78 is 1.68. The van der Waals surface area contributed by atoms with Crippen LogP contribution in [0.25, 0.3) is 5.69 Å². The number of thiophene rings is 1. The van der Waals surface area contributed by atoms with E-state index in [2.05, 4.69) is 20.9 Å². The average Bonchev–Trinajstić information content (AvgIpc) is 2.70. The highest BCUT2D eigenvalue weighted by atomic mass is 35.5. The average molecular weight is 229 g/mol. The van der Waals surface area contributed by atoms with Gasteiger partial charge >= 0.3 is 0 Å². The van der Waals surface area contributed by atoms with Gasteiger partial charge in [-0.15, -0.1) is 28.0 Å². The Morgan fingerprint density at radius 1 is 1.50 bits per heavy atom. The maximum Gasteiger partial charge on any atom is 0.174 e. The van der Waals surface area contributed by atoms with Crippen LogP contribution >= 0.6 is 22.9 Å². The number of aromatic nitrogens is 4. The van der Waals surface area contributed by atoms with E-state index in [9.17, 15) is 0 Å². The van der Waals surface area contributed by atoms with Crippen LogP contribution in [0.1, 0.15) is 23.7 Å². The Labute approximate surface area is 90.5 Å². The Morgan fingerprint density at radius 2 is 2.29 bits per heavy atom. The van der Waals surface area contributed by atoms with Gasteiger partial charge in [0.25, 0.3) is 0 Å². The largest absolute Gasteiger partial charge is 0.195 e. The molecule has 0 aliphatic heterocycles. The minimum atomic E-state index is -0.190. The lowest BCUT2D eigenvalue weighted by molar-refractivity contribution is 0.759. The highest BCUT2D eigenvalue weighted by Crippen LogP contribution is 2.23. The molecular weight excluding hydrogens is 220 g/mol. The van der Waals surface area contributed by atoms with Crippen molar-refractivity contribution in [1.29, 1.82) is 0 Å². The minimum absolute atomic E-state index is 0.190. The van der Waals surface area contributed by atoms with Crippen molar-refractivity contribution in [2.45, 2.75) is 19.2 Å². The summed E-state index contributed by atoms with van der Waals surface area (Å²) in [5, 5.41) is 15.3. The molecule has 2 aromatic heterocycles. The monoisotopic (exact) mass is 228 g/mol. The quantitative estimate of drug-likeness (QED) is 0.741. The first-order valence-corrected chi connectivity index (χ1v) is 5.53. The molecule has 0 saturated carbocycles. The molecule has 0 radical (unpaired) electrons. The Hall–Kier alpha value is -0.940. The van der Waals surface area contributed by atoms with Crippen molar-refractivity contribution in [1.82, 2.24) is 20.2 Å².